The van der Waals surface area contributed by atoms with Gasteiger partial charge in [0, 0.05) is 12.1 Å². The number of thioether (sulfide) groups is 1. The van der Waals surface area contributed by atoms with Crippen LogP contribution in [0.5, 0.6) is 5.75 Å². The van der Waals surface area contributed by atoms with Gasteiger partial charge in [0.15, 0.2) is 15.7 Å². The summed E-state index contributed by atoms with van der Waals surface area (Å²) in [5.41, 5.74) is 1.06. The van der Waals surface area contributed by atoms with E-state index in [0.717, 1.165) is 17.3 Å². The van der Waals surface area contributed by atoms with E-state index >= 15 is 0 Å². The lowest BCUT2D eigenvalue weighted by molar-refractivity contribution is -0.384. The summed E-state index contributed by atoms with van der Waals surface area (Å²) in [6, 6.07) is 20.9. The molecule has 2 aliphatic heterocycles. The Morgan fingerprint density at radius 2 is 1.60 bits per heavy atom. The molecular formula is C32H29N3O11S2. The molecule has 2 aliphatic rings. The molecule has 14 nitrogen and oxygen atoms in total. The molecule has 3 aromatic carbocycles. The standard InChI is InChI=1S/C32H29N3O11S2/c1-48(42)24-13-11-23(12-14-24)46-31-27(30(38)44-18-21-7-9-22(10-8-21)35(40)41)34-28(37)25(29(34)47-31)15-16-43-26(36)17-33-32(39)45-19-20-5-3-2-4-6-20/h2-14,25,29H,15-19H2,1H3,(H,33,39). The summed E-state index contributed by atoms with van der Waals surface area (Å²) in [5.74, 6) is -2.24. The number of esters is 2. The maximum Gasteiger partial charge on any atom is 0.407 e. The van der Waals surface area contributed by atoms with Gasteiger partial charge >= 0.3 is 18.0 Å². The number of nitro benzene ring substituents is 1. The first-order valence-corrected chi connectivity index (χ1v) is 16.9. The number of benzene rings is 3. The highest BCUT2D eigenvalue weighted by Crippen LogP contribution is 2.51. The number of amides is 2. The molecule has 0 spiro atoms. The molecule has 3 atom stereocenters. The van der Waals surface area contributed by atoms with Crippen LogP contribution in [0.4, 0.5) is 10.5 Å². The molecule has 1 saturated heterocycles. The third kappa shape index (κ3) is 8.44. The molecule has 2 amide bonds. The largest absolute Gasteiger partial charge is 0.612 e. The molecule has 16 heteroatoms. The van der Waals surface area contributed by atoms with Crippen molar-refractivity contribution in [2.24, 2.45) is 5.92 Å². The zero-order chi connectivity index (χ0) is 34.2. The van der Waals surface area contributed by atoms with Gasteiger partial charge in [0.05, 0.1) is 17.4 Å². The first-order valence-electron chi connectivity index (χ1n) is 14.5. The number of non-ortho nitro benzene ring substituents is 1. The van der Waals surface area contributed by atoms with E-state index in [1.165, 1.54) is 35.4 Å². The summed E-state index contributed by atoms with van der Waals surface area (Å²) < 4.78 is 33.5. The summed E-state index contributed by atoms with van der Waals surface area (Å²) in [4.78, 5) is 62.9. The van der Waals surface area contributed by atoms with Crippen molar-refractivity contribution in [3.63, 3.8) is 0 Å². The fourth-order valence-corrected chi connectivity index (χ4v) is 6.59. The molecule has 0 bridgehead atoms. The number of rotatable bonds is 14. The number of nitrogens with one attached hydrogen (secondary N) is 1. The van der Waals surface area contributed by atoms with Gasteiger partial charge in [0.1, 0.15) is 37.1 Å². The summed E-state index contributed by atoms with van der Waals surface area (Å²) in [7, 11) is 0. The zero-order valence-electron chi connectivity index (χ0n) is 25.4. The average molecular weight is 696 g/mol. The van der Waals surface area contributed by atoms with Crippen molar-refractivity contribution in [1.82, 2.24) is 10.2 Å². The van der Waals surface area contributed by atoms with Gasteiger partial charge in [-0.1, -0.05) is 42.1 Å². The number of hydrogen-bond acceptors (Lipinski definition) is 12. The van der Waals surface area contributed by atoms with E-state index in [1.54, 1.807) is 48.5 Å². The highest BCUT2D eigenvalue weighted by atomic mass is 32.2. The summed E-state index contributed by atoms with van der Waals surface area (Å²) in [5, 5.41) is 12.8. The Balaban J connectivity index is 1.16. The van der Waals surface area contributed by atoms with Crippen LogP contribution in [0.15, 0.2) is 94.5 Å². The predicted molar refractivity (Wildman–Crippen MR) is 171 cm³/mol. The summed E-state index contributed by atoms with van der Waals surface area (Å²) in [6.07, 6.45) is 0.898. The molecule has 2 heterocycles. The second kappa shape index (κ2) is 15.7. The molecule has 0 aliphatic carbocycles. The van der Waals surface area contributed by atoms with Gasteiger partial charge in [0.2, 0.25) is 5.91 Å². The van der Waals surface area contributed by atoms with Crippen molar-refractivity contribution in [3.05, 3.63) is 111 Å². The van der Waals surface area contributed by atoms with Gasteiger partial charge in [-0.15, -0.1) is 0 Å². The molecule has 1 N–H and O–H groups in total. The van der Waals surface area contributed by atoms with Crippen molar-refractivity contribution in [2.75, 3.05) is 19.4 Å². The number of carbonyl (C=O) groups excluding carboxylic acids is 4. The molecule has 3 unspecified atom stereocenters. The summed E-state index contributed by atoms with van der Waals surface area (Å²) >= 11 is -0.0805. The lowest BCUT2D eigenvalue weighted by atomic mass is 9.94. The molecule has 0 saturated carbocycles. The van der Waals surface area contributed by atoms with Crippen LogP contribution in [-0.2, 0) is 53.0 Å². The summed E-state index contributed by atoms with van der Waals surface area (Å²) in [6.45, 7) is -0.717. The minimum absolute atomic E-state index is 0.0400. The maximum absolute atomic E-state index is 13.3. The third-order valence-electron chi connectivity index (χ3n) is 7.17. The van der Waals surface area contributed by atoms with Crippen LogP contribution in [0, 0.1) is 16.0 Å². The Hall–Kier alpha value is -5.06. The average Bonchev–Trinajstić information content (AvgIpc) is 3.42. The molecular weight excluding hydrogens is 666 g/mol. The fourth-order valence-electron chi connectivity index (χ4n) is 4.69. The minimum atomic E-state index is -1.21. The van der Waals surface area contributed by atoms with E-state index in [1.807, 2.05) is 6.07 Å². The predicted octanol–water partition coefficient (Wildman–Crippen LogP) is 4.01. The smallest absolute Gasteiger partial charge is 0.407 e. The van der Waals surface area contributed by atoms with Gasteiger partial charge in [0.25, 0.3) is 5.69 Å². The second-order valence-corrected chi connectivity index (χ2v) is 12.9. The van der Waals surface area contributed by atoms with Crippen LogP contribution >= 0.6 is 11.8 Å². The minimum Gasteiger partial charge on any atom is -0.612 e. The lowest BCUT2D eigenvalue weighted by Crippen LogP contribution is -2.57. The monoisotopic (exact) mass is 695 g/mol. The Morgan fingerprint density at radius 1 is 0.938 bits per heavy atom. The van der Waals surface area contributed by atoms with E-state index in [9.17, 15) is 33.8 Å². The van der Waals surface area contributed by atoms with Crippen LogP contribution < -0.4 is 10.1 Å². The topological polar surface area (TPSA) is 187 Å². The number of nitrogens with zero attached hydrogens (tertiary/aromatic N) is 2. The van der Waals surface area contributed by atoms with Gasteiger partial charge in [-0.2, -0.15) is 0 Å². The first-order chi connectivity index (χ1) is 23.1. The van der Waals surface area contributed by atoms with Crippen molar-refractivity contribution in [2.45, 2.75) is 29.9 Å². The number of hydrogen-bond donors (Lipinski definition) is 1. The van der Waals surface area contributed by atoms with Crippen molar-refractivity contribution in [1.29, 1.82) is 0 Å². The third-order valence-corrected chi connectivity index (χ3v) is 9.38. The number of alkyl carbamates (subject to hydrolysis) is 1. The molecule has 0 aromatic heterocycles. The maximum atomic E-state index is 13.3. The van der Waals surface area contributed by atoms with Gasteiger partial charge in [-0.25, -0.2) is 9.59 Å². The Labute approximate surface area is 281 Å². The lowest BCUT2D eigenvalue weighted by Gasteiger charge is -2.41. The van der Waals surface area contributed by atoms with Crippen LogP contribution in [0.2, 0.25) is 0 Å². The SMILES string of the molecule is C[S+]([O-])c1ccc(OC2=C(C(=O)OCc3ccc([N+](=O)[O-])cc3)N3C(=O)C(CCOC(=O)CNC(=O)OCc4ccccc4)C3S2)cc1. The Morgan fingerprint density at radius 3 is 2.27 bits per heavy atom. The van der Waals surface area contributed by atoms with Gasteiger partial charge < -0.3 is 28.8 Å². The number of carbonyl (C=O) groups is 4. The van der Waals surface area contributed by atoms with E-state index in [0.29, 0.717) is 16.2 Å². The number of β-lactam (4-membered cyclic amide) rings is 1. The van der Waals surface area contributed by atoms with Crippen LogP contribution in [-0.4, -0.2) is 63.1 Å². The highest BCUT2D eigenvalue weighted by Gasteiger charge is 2.57. The van der Waals surface area contributed by atoms with E-state index in [4.69, 9.17) is 18.9 Å². The quantitative estimate of drug-likeness (QED) is 0.0639. The van der Waals surface area contributed by atoms with Crippen LogP contribution in [0.25, 0.3) is 0 Å². The Kier molecular flexibility index (Phi) is 11.2. The van der Waals surface area contributed by atoms with E-state index in [-0.39, 0.29) is 42.7 Å². The van der Waals surface area contributed by atoms with E-state index in [2.05, 4.69) is 5.32 Å². The molecule has 250 valence electrons. The van der Waals surface area contributed by atoms with Crippen LogP contribution in [0.1, 0.15) is 17.5 Å². The zero-order valence-corrected chi connectivity index (χ0v) is 27.0. The molecule has 3 aromatic rings. The molecule has 5 rings (SSSR count). The molecule has 48 heavy (non-hydrogen) atoms. The van der Waals surface area contributed by atoms with Crippen molar-refractivity contribution >= 4 is 52.6 Å². The van der Waals surface area contributed by atoms with Gasteiger partial charge in [-0.05, 0) is 65.1 Å². The number of ether oxygens (including phenoxy) is 4. The number of nitro groups is 1. The van der Waals surface area contributed by atoms with E-state index < -0.39 is 57.9 Å². The normalized spacial score (nSPS) is 17.1. The molecule has 1 fully saturated rings. The second-order valence-electron chi connectivity index (χ2n) is 10.4. The first kappa shape index (κ1) is 34.3. The van der Waals surface area contributed by atoms with Crippen molar-refractivity contribution in [3.8, 4) is 5.75 Å². The van der Waals surface area contributed by atoms with Gasteiger partial charge in [-0.3, -0.25) is 24.6 Å². The van der Waals surface area contributed by atoms with Crippen molar-refractivity contribution < 1.29 is 47.6 Å². The van der Waals surface area contributed by atoms with Crippen LogP contribution in [0.3, 0.4) is 0 Å². The number of fused-ring (bicyclic) bond motifs is 1. The fraction of sp³-hybridized carbons (Fsp3) is 0.250. The highest BCUT2D eigenvalue weighted by molar-refractivity contribution is 8.03. The molecule has 0 radical (unpaired) electrons. The Bertz CT molecular complexity index is 1700.